The molecule has 2 heteroatoms. The number of rotatable bonds is 1. The molecule has 0 fully saturated rings. The summed E-state index contributed by atoms with van der Waals surface area (Å²) in [7, 11) is 0. The highest BCUT2D eigenvalue weighted by Crippen LogP contribution is 2.18. The Bertz CT molecular complexity index is 356. The molecule has 72 valence electrons. The lowest BCUT2D eigenvalue weighted by Crippen LogP contribution is -2.31. The molecule has 0 bridgehead atoms. The highest BCUT2D eigenvalue weighted by Gasteiger charge is 2.18. The molecule has 1 aliphatic heterocycles. The molecule has 2 rings (SSSR count). The fourth-order valence-electron chi connectivity index (χ4n) is 1.50. The van der Waals surface area contributed by atoms with Gasteiger partial charge >= 0.3 is 0 Å². The van der Waals surface area contributed by atoms with Crippen molar-refractivity contribution in [2.24, 2.45) is 5.92 Å². The standard InChI is InChI=1S/C12H13NO/c1-10-7-8-13(9-12(10)14)11-5-3-2-4-6-11/h2-8,10H,9H2,1H3. The summed E-state index contributed by atoms with van der Waals surface area (Å²) in [6.45, 7) is 2.42. The van der Waals surface area contributed by atoms with Gasteiger partial charge < -0.3 is 4.90 Å². The van der Waals surface area contributed by atoms with Crippen molar-refractivity contribution in [1.82, 2.24) is 0 Å². The molecule has 1 unspecified atom stereocenters. The first kappa shape index (κ1) is 9.00. The summed E-state index contributed by atoms with van der Waals surface area (Å²) in [4.78, 5) is 13.5. The zero-order chi connectivity index (χ0) is 9.97. The Kier molecular flexibility index (Phi) is 2.35. The summed E-state index contributed by atoms with van der Waals surface area (Å²) in [5.41, 5.74) is 1.07. The van der Waals surface area contributed by atoms with E-state index in [1.165, 1.54) is 0 Å². The van der Waals surface area contributed by atoms with Gasteiger partial charge in [-0.1, -0.05) is 31.2 Å². The van der Waals surface area contributed by atoms with Gasteiger partial charge in [0.2, 0.25) is 0 Å². The molecule has 0 N–H and O–H groups in total. The topological polar surface area (TPSA) is 20.3 Å². The minimum absolute atomic E-state index is 0.0648. The lowest BCUT2D eigenvalue weighted by Gasteiger charge is -2.25. The molecule has 2 nitrogen and oxygen atoms in total. The van der Waals surface area contributed by atoms with E-state index in [4.69, 9.17) is 0 Å². The van der Waals surface area contributed by atoms with Gasteiger partial charge in [0.05, 0.1) is 6.54 Å². The monoisotopic (exact) mass is 187 g/mol. The fraction of sp³-hybridized carbons (Fsp3) is 0.250. The highest BCUT2D eigenvalue weighted by atomic mass is 16.1. The quantitative estimate of drug-likeness (QED) is 0.672. The molecule has 0 amide bonds. The number of nitrogens with zero attached hydrogens (tertiary/aromatic N) is 1. The van der Waals surface area contributed by atoms with Crippen molar-refractivity contribution in [3.05, 3.63) is 42.6 Å². The summed E-state index contributed by atoms with van der Waals surface area (Å²) < 4.78 is 0. The maximum Gasteiger partial charge on any atom is 0.159 e. The number of allylic oxidation sites excluding steroid dienone is 1. The minimum atomic E-state index is 0.0648. The number of benzene rings is 1. The fourth-order valence-corrected chi connectivity index (χ4v) is 1.50. The third kappa shape index (κ3) is 1.69. The van der Waals surface area contributed by atoms with Gasteiger partial charge in [0.25, 0.3) is 0 Å². The molecular formula is C12H13NO. The normalized spacial score (nSPS) is 21.4. The van der Waals surface area contributed by atoms with E-state index in [9.17, 15) is 4.79 Å². The second-order valence-corrected chi connectivity index (χ2v) is 3.56. The number of hydrogen-bond acceptors (Lipinski definition) is 2. The predicted molar refractivity (Wildman–Crippen MR) is 57.1 cm³/mol. The van der Waals surface area contributed by atoms with E-state index in [1.807, 2.05) is 54.4 Å². The molecule has 14 heavy (non-hydrogen) atoms. The second kappa shape index (κ2) is 3.66. The molecule has 1 aromatic rings. The molecule has 0 saturated carbocycles. The Labute approximate surface area is 83.8 Å². The second-order valence-electron chi connectivity index (χ2n) is 3.56. The van der Waals surface area contributed by atoms with Gasteiger partial charge in [-0.15, -0.1) is 0 Å². The van der Waals surface area contributed by atoms with Crippen LogP contribution in [-0.4, -0.2) is 12.3 Å². The zero-order valence-corrected chi connectivity index (χ0v) is 8.18. The lowest BCUT2D eigenvalue weighted by atomic mass is 10.0. The number of anilines is 1. The summed E-state index contributed by atoms with van der Waals surface area (Å²) in [6, 6.07) is 9.94. The number of carbonyl (C=O) groups excluding carboxylic acids is 1. The van der Waals surface area contributed by atoms with Gasteiger partial charge in [0, 0.05) is 17.8 Å². The van der Waals surface area contributed by atoms with Crippen LogP contribution in [-0.2, 0) is 4.79 Å². The van der Waals surface area contributed by atoms with Crippen molar-refractivity contribution in [2.75, 3.05) is 11.4 Å². The van der Waals surface area contributed by atoms with Crippen LogP contribution in [0.3, 0.4) is 0 Å². The van der Waals surface area contributed by atoms with E-state index in [0.29, 0.717) is 6.54 Å². The summed E-state index contributed by atoms with van der Waals surface area (Å²) >= 11 is 0. The summed E-state index contributed by atoms with van der Waals surface area (Å²) in [5, 5.41) is 0. The van der Waals surface area contributed by atoms with E-state index in [-0.39, 0.29) is 11.7 Å². The van der Waals surface area contributed by atoms with E-state index >= 15 is 0 Å². The van der Waals surface area contributed by atoms with Crippen LogP contribution in [0.2, 0.25) is 0 Å². The van der Waals surface area contributed by atoms with Crippen LogP contribution in [0, 0.1) is 5.92 Å². The molecule has 0 radical (unpaired) electrons. The SMILES string of the molecule is CC1C=CN(c2ccccc2)CC1=O. The van der Waals surface area contributed by atoms with Crippen LogP contribution in [0.5, 0.6) is 0 Å². The maximum atomic E-state index is 11.5. The Morgan fingerprint density at radius 1 is 1.29 bits per heavy atom. The summed E-state index contributed by atoms with van der Waals surface area (Å²) in [6.07, 6.45) is 3.93. The van der Waals surface area contributed by atoms with Crippen molar-refractivity contribution < 1.29 is 4.79 Å². The molecule has 0 aromatic heterocycles. The van der Waals surface area contributed by atoms with Gasteiger partial charge in [-0.05, 0) is 12.1 Å². The molecule has 1 aromatic carbocycles. The van der Waals surface area contributed by atoms with Gasteiger partial charge in [0.1, 0.15) is 0 Å². The molecule has 0 spiro atoms. The van der Waals surface area contributed by atoms with Crippen molar-refractivity contribution in [1.29, 1.82) is 0 Å². The van der Waals surface area contributed by atoms with Crippen molar-refractivity contribution in [2.45, 2.75) is 6.92 Å². The average molecular weight is 187 g/mol. The molecule has 1 heterocycles. The number of carbonyl (C=O) groups is 1. The van der Waals surface area contributed by atoms with E-state index in [2.05, 4.69) is 0 Å². The summed E-state index contributed by atoms with van der Waals surface area (Å²) in [5.74, 6) is 0.339. The van der Waals surface area contributed by atoms with Crippen LogP contribution in [0.1, 0.15) is 6.92 Å². The lowest BCUT2D eigenvalue weighted by molar-refractivity contribution is -0.119. The first-order chi connectivity index (χ1) is 6.77. The Balaban J connectivity index is 2.22. The van der Waals surface area contributed by atoms with E-state index < -0.39 is 0 Å². The van der Waals surface area contributed by atoms with Crippen LogP contribution < -0.4 is 4.90 Å². The van der Waals surface area contributed by atoms with Crippen molar-refractivity contribution >= 4 is 11.5 Å². The van der Waals surface area contributed by atoms with Crippen molar-refractivity contribution in [3.8, 4) is 0 Å². The number of hydrogen-bond donors (Lipinski definition) is 0. The molecule has 0 aliphatic carbocycles. The van der Waals surface area contributed by atoms with E-state index in [0.717, 1.165) is 5.69 Å². The molecular weight excluding hydrogens is 174 g/mol. The number of para-hydroxylation sites is 1. The molecule has 1 atom stereocenters. The van der Waals surface area contributed by atoms with Gasteiger partial charge in [-0.2, -0.15) is 0 Å². The highest BCUT2D eigenvalue weighted by molar-refractivity contribution is 5.88. The zero-order valence-electron chi connectivity index (χ0n) is 8.18. The van der Waals surface area contributed by atoms with E-state index in [1.54, 1.807) is 0 Å². The van der Waals surface area contributed by atoms with Crippen LogP contribution in [0.15, 0.2) is 42.6 Å². The third-order valence-electron chi connectivity index (χ3n) is 2.48. The third-order valence-corrected chi connectivity index (χ3v) is 2.48. The van der Waals surface area contributed by atoms with Crippen molar-refractivity contribution in [3.63, 3.8) is 0 Å². The number of Topliss-reactive ketones (excluding diaryl/α,β-unsaturated/α-hetero) is 1. The Hall–Kier alpha value is -1.57. The Morgan fingerprint density at radius 2 is 2.00 bits per heavy atom. The van der Waals surface area contributed by atoms with Gasteiger partial charge in [-0.25, -0.2) is 0 Å². The minimum Gasteiger partial charge on any atom is -0.341 e. The number of ketones is 1. The smallest absolute Gasteiger partial charge is 0.159 e. The van der Waals surface area contributed by atoms with Gasteiger partial charge in [-0.3, -0.25) is 4.79 Å². The largest absolute Gasteiger partial charge is 0.341 e. The van der Waals surface area contributed by atoms with Gasteiger partial charge in [0.15, 0.2) is 5.78 Å². The maximum absolute atomic E-state index is 11.5. The van der Waals surface area contributed by atoms with Crippen LogP contribution in [0.4, 0.5) is 5.69 Å². The molecule has 0 saturated heterocycles. The first-order valence-corrected chi connectivity index (χ1v) is 4.80. The Morgan fingerprint density at radius 3 is 2.64 bits per heavy atom. The van der Waals surface area contributed by atoms with Crippen LogP contribution >= 0.6 is 0 Å². The predicted octanol–water partition coefficient (Wildman–Crippen LogP) is 2.23. The van der Waals surface area contributed by atoms with Crippen LogP contribution in [0.25, 0.3) is 0 Å². The first-order valence-electron chi connectivity index (χ1n) is 4.80. The average Bonchev–Trinajstić information content (AvgIpc) is 2.23. The molecule has 1 aliphatic rings.